The molecule has 1 heterocycles. The topological polar surface area (TPSA) is 72.8 Å². The molecule has 5 nitrogen and oxygen atoms in total. The largest absolute Gasteiger partial charge is 0.458 e. The van der Waals surface area contributed by atoms with E-state index in [0.717, 1.165) is 12.0 Å². The quantitative estimate of drug-likeness (QED) is 0.473. The van der Waals surface area contributed by atoms with Crippen LogP contribution in [-0.4, -0.2) is 34.9 Å². The van der Waals surface area contributed by atoms with Gasteiger partial charge in [0.25, 0.3) is 0 Å². The summed E-state index contributed by atoms with van der Waals surface area (Å²) in [7, 11) is 0. The van der Waals surface area contributed by atoms with Crippen molar-refractivity contribution in [1.29, 1.82) is 0 Å². The number of carbonyl (C=O) groups excluding carboxylic acids is 2. The van der Waals surface area contributed by atoms with E-state index in [1.807, 2.05) is 0 Å². The summed E-state index contributed by atoms with van der Waals surface area (Å²) in [5.41, 5.74) is 0.822. The first-order chi connectivity index (χ1) is 11.7. The Morgan fingerprint density at radius 1 is 1.44 bits per heavy atom. The second kappa shape index (κ2) is 6.13. The summed E-state index contributed by atoms with van der Waals surface area (Å²) in [6.07, 6.45) is 2.48. The maximum Gasteiger partial charge on any atom is 0.334 e. The fraction of sp³-hybridized carbons (Fsp3) is 0.600. The minimum atomic E-state index is -0.945. The van der Waals surface area contributed by atoms with E-state index in [1.165, 1.54) is 0 Å². The lowest BCUT2D eigenvalue weighted by molar-refractivity contribution is -0.151. The van der Waals surface area contributed by atoms with Crippen LogP contribution in [0.3, 0.4) is 0 Å². The third-order valence-electron chi connectivity index (χ3n) is 6.13. The van der Waals surface area contributed by atoms with Gasteiger partial charge in [-0.15, -0.1) is 0 Å². The van der Waals surface area contributed by atoms with Gasteiger partial charge < -0.3 is 14.6 Å². The summed E-state index contributed by atoms with van der Waals surface area (Å²) < 4.78 is 11.3. The van der Waals surface area contributed by atoms with Crippen LogP contribution < -0.4 is 0 Å². The highest BCUT2D eigenvalue weighted by atomic mass is 16.6. The van der Waals surface area contributed by atoms with Gasteiger partial charge in [-0.05, 0) is 39.5 Å². The minimum absolute atomic E-state index is 0.0488. The first kappa shape index (κ1) is 17.9. The monoisotopic (exact) mass is 346 g/mol. The van der Waals surface area contributed by atoms with Crippen molar-refractivity contribution < 1.29 is 24.2 Å². The molecule has 1 saturated heterocycles. The van der Waals surface area contributed by atoms with Gasteiger partial charge in [-0.3, -0.25) is 0 Å². The molecule has 0 aromatic heterocycles. The van der Waals surface area contributed by atoms with Crippen LogP contribution in [0.2, 0.25) is 0 Å². The van der Waals surface area contributed by atoms with Crippen molar-refractivity contribution in [1.82, 2.24) is 0 Å². The van der Waals surface area contributed by atoms with Crippen molar-refractivity contribution >= 4 is 11.9 Å². The van der Waals surface area contributed by atoms with Gasteiger partial charge in [0, 0.05) is 23.5 Å². The van der Waals surface area contributed by atoms with Crippen LogP contribution in [0.25, 0.3) is 0 Å². The molecular formula is C20H26O5. The number of ether oxygens (including phenoxy) is 2. The number of carbonyl (C=O) groups is 2. The highest BCUT2D eigenvalue weighted by molar-refractivity contribution is 5.91. The first-order valence-electron chi connectivity index (χ1n) is 8.81. The maximum absolute atomic E-state index is 12.3. The molecule has 0 aromatic carbocycles. The Morgan fingerprint density at radius 3 is 2.76 bits per heavy atom. The van der Waals surface area contributed by atoms with Gasteiger partial charge in [-0.25, -0.2) is 9.59 Å². The Bertz CT molecular complexity index is 672. The molecule has 2 saturated carbocycles. The Hall–Kier alpha value is -1.88. The first-order valence-corrected chi connectivity index (χ1v) is 8.81. The second-order valence-electron chi connectivity index (χ2n) is 7.73. The van der Waals surface area contributed by atoms with Gasteiger partial charge >= 0.3 is 11.9 Å². The molecule has 0 amide bonds. The van der Waals surface area contributed by atoms with Crippen molar-refractivity contribution in [3.8, 4) is 0 Å². The molecule has 0 radical (unpaired) electrons. The molecular weight excluding hydrogens is 320 g/mol. The van der Waals surface area contributed by atoms with E-state index in [4.69, 9.17) is 9.47 Å². The standard InChI is InChI=1S/C20H26O5/c1-6-10(2)18(21)24-14-9-11(3)13-7-8-20(5,23)16(13)17-15(14)12(4)19(22)25-17/h6,13-17,23H,3-4,7-9H2,1-2,5H3/b10-6-/t13-,14-,15+,16-,17-,20+/m0/s1. The van der Waals surface area contributed by atoms with E-state index in [-0.39, 0.29) is 11.8 Å². The molecule has 136 valence electrons. The number of hydrogen-bond donors (Lipinski definition) is 1. The van der Waals surface area contributed by atoms with E-state index in [1.54, 1.807) is 26.8 Å². The Balaban J connectivity index is 1.99. The summed E-state index contributed by atoms with van der Waals surface area (Å²) in [4.78, 5) is 24.5. The smallest absolute Gasteiger partial charge is 0.334 e. The molecule has 2 aliphatic carbocycles. The molecule has 0 unspecified atom stereocenters. The number of rotatable bonds is 2. The second-order valence-corrected chi connectivity index (χ2v) is 7.73. The molecule has 25 heavy (non-hydrogen) atoms. The molecule has 0 spiro atoms. The summed E-state index contributed by atoms with van der Waals surface area (Å²) in [6, 6.07) is 0. The highest BCUT2D eigenvalue weighted by Gasteiger charge is 2.59. The minimum Gasteiger partial charge on any atom is -0.458 e. The Labute approximate surface area is 148 Å². The average molecular weight is 346 g/mol. The lowest BCUT2D eigenvalue weighted by atomic mass is 9.77. The van der Waals surface area contributed by atoms with E-state index in [9.17, 15) is 14.7 Å². The Kier molecular flexibility index (Phi) is 4.40. The third-order valence-corrected chi connectivity index (χ3v) is 6.13. The van der Waals surface area contributed by atoms with Crippen LogP contribution in [0, 0.1) is 17.8 Å². The summed E-state index contributed by atoms with van der Waals surface area (Å²) in [6.45, 7) is 13.3. The molecule has 5 heteroatoms. The Morgan fingerprint density at radius 2 is 2.12 bits per heavy atom. The molecule has 0 aromatic rings. The SMILES string of the molecule is C=C1C(=O)O[C@H]2[C@H]1[C@@H](OC(=O)/C(C)=C\C)CC(=C)[C@@H]1CC[C@@](C)(O)[C@H]21. The summed E-state index contributed by atoms with van der Waals surface area (Å²) >= 11 is 0. The van der Waals surface area contributed by atoms with Gasteiger partial charge in [-0.1, -0.05) is 24.8 Å². The lowest BCUT2D eigenvalue weighted by Crippen LogP contribution is -2.44. The van der Waals surface area contributed by atoms with Crippen molar-refractivity contribution in [2.75, 3.05) is 0 Å². The van der Waals surface area contributed by atoms with Crippen LogP contribution >= 0.6 is 0 Å². The fourth-order valence-corrected chi connectivity index (χ4v) is 4.61. The maximum atomic E-state index is 12.3. The van der Waals surface area contributed by atoms with Gasteiger partial charge in [0.1, 0.15) is 12.2 Å². The normalized spacial score (nSPS) is 41.0. The van der Waals surface area contributed by atoms with Crippen molar-refractivity contribution in [2.45, 2.75) is 57.8 Å². The average Bonchev–Trinajstić information content (AvgIpc) is 2.97. The predicted octanol–water partition coefficient (Wildman–Crippen LogP) is 2.70. The number of hydrogen-bond acceptors (Lipinski definition) is 5. The summed E-state index contributed by atoms with van der Waals surface area (Å²) in [5.74, 6) is -1.53. The van der Waals surface area contributed by atoms with Crippen LogP contribution in [0.4, 0.5) is 0 Å². The predicted molar refractivity (Wildman–Crippen MR) is 92.4 cm³/mol. The van der Waals surface area contributed by atoms with Crippen molar-refractivity contribution in [2.24, 2.45) is 17.8 Å². The van der Waals surface area contributed by atoms with Gasteiger partial charge in [0.2, 0.25) is 0 Å². The molecule has 1 aliphatic heterocycles. The van der Waals surface area contributed by atoms with E-state index < -0.39 is 35.7 Å². The summed E-state index contributed by atoms with van der Waals surface area (Å²) in [5, 5.41) is 10.9. The van der Waals surface area contributed by atoms with E-state index >= 15 is 0 Å². The number of esters is 2. The van der Waals surface area contributed by atoms with Gasteiger partial charge in [0.15, 0.2) is 0 Å². The number of allylic oxidation sites excluding steroid dienone is 1. The van der Waals surface area contributed by atoms with Crippen LogP contribution in [-0.2, 0) is 19.1 Å². The molecule has 3 aliphatic rings. The van der Waals surface area contributed by atoms with E-state index in [0.29, 0.717) is 24.0 Å². The van der Waals surface area contributed by atoms with E-state index in [2.05, 4.69) is 13.2 Å². The zero-order valence-corrected chi connectivity index (χ0v) is 15.1. The van der Waals surface area contributed by atoms with Crippen LogP contribution in [0.1, 0.15) is 40.0 Å². The van der Waals surface area contributed by atoms with Crippen LogP contribution in [0.5, 0.6) is 0 Å². The fourth-order valence-electron chi connectivity index (χ4n) is 4.61. The zero-order valence-electron chi connectivity index (χ0n) is 15.1. The molecule has 3 rings (SSSR count). The highest BCUT2D eigenvalue weighted by Crippen LogP contribution is 2.54. The molecule has 3 fully saturated rings. The molecule has 6 atom stereocenters. The number of fused-ring (bicyclic) bond motifs is 3. The van der Waals surface area contributed by atoms with Crippen molar-refractivity contribution in [3.05, 3.63) is 36.0 Å². The van der Waals surface area contributed by atoms with Crippen molar-refractivity contribution in [3.63, 3.8) is 0 Å². The zero-order chi connectivity index (χ0) is 18.5. The third kappa shape index (κ3) is 2.84. The number of aliphatic hydroxyl groups is 1. The van der Waals surface area contributed by atoms with Crippen LogP contribution in [0.15, 0.2) is 36.0 Å². The lowest BCUT2D eigenvalue weighted by Gasteiger charge is -2.34. The molecule has 1 N–H and O–H groups in total. The van der Waals surface area contributed by atoms with Gasteiger partial charge in [-0.2, -0.15) is 0 Å². The molecule has 0 bridgehead atoms. The van der Waals surface area contributed by atoms with Gasteiger partial charge in [0.05, 0.1) is 11.5 Å².